The number of nitrogens with zero attached hydrogens (tertiary/aromatic N) is 2. The highest BCUT2D eigenvalue weighted by atomic mass is 79.9. The van der Waals surface area contributed by atoms with Gasteiger partial charge in [-0.3, -0.25) is 0 Å². The average Bonchev–Trinajstić information content (AvgIpc) is 2.42. The van der Waals surface area contributed by atoms with E-state index < -0.39 is 9.84 Å². The molecule has 1 saturated heterocycles. The number of fused-ring (bicyclic) bond motifs is 1. The van der Waals surface area contributed by atoms with E-state index in [9.17, 15) is 8.42 Å². The Morgan fingerprint density at radius 2 is 2.10 bits per heavy atom. The van der Waals surface area contributed by atoms with E-state index in [4.69, 9.17) is 0 Å². The molecule has 0 saturated carbocycles. The van der Waals surface area contributed by atoms with Gasteiger partial charge in [0.2, 0.25) is 0 Å². The molecule has 1 atom stereocenters. The van der Waals surface area contributed by atoms with Gasteiger partial charge in [-0.1, -0.05) is 12.1 Å². The zero-order valence-corrected chi connectivity index (χ0v) is 13.5. The van der Waals surface area contributed by atoms with E-state index in [1.54, 1.807) is 6.92 Å². The van der Waals surface area contributed by atoms with Crippen LogP contribution >= 0.6 is 15.9 Å². The third-order valence-electron chi connectivity index (χ3n) is 3.72. The van der Waals surface area contributed by atoms with Crippen LogP contribution in [0, 0.1) is 0 Å². The van der Waals surface area contributed by atoms with Gasteiger partial charge in [-0.05, 0) is 41.1 Å². The SMILES string of the molecule is CC1CN(c2ccc3cccc(Br)c3n2)CCS1(=O)=O. The zero-order chi connectivity index (χ0) is 14.3. The predicted octanol–water partition coefficient (Wildman–Crippen LogP) is 2.62. The number of benzene rings is 1. The number of aromatic nitrogens is 1. The summed E-state index contributed by atoms with van der Waals surface area (Å²) < 4.78 is 24.5. The van der Waals surface area contributed by atoms with Crippen LogP contribution in [-0.4, -0.2) is 37.5 Å². The Hall–Kier alpha value is -1.14. The molecule has 1 unspecified atom stereocenters. The molecule has 2 aromatic rings. The molecule has 1 aliphatic rings. The first kappa shape index (κ1) is 13.8. The Bertz CT molecular complexity index is 761. The minimum absolute atomic E-state index is 0.198. The van der Waals surface area contributed by atoms with Gasteiger partial charge in [-0.2, -0.15) is 0 Å². The quantitative estimate of drug-likeness (QED) is 0.789. The number of para-hydroxylation sites is 1. The van der Waals surface area contributed by atoms with Gasteiger partial charge >= 0.3 is 0 Å². The van der Waals surface area contributed by atoms with Gasteiger partial charge in [-0.15, -0.1) is 0 Å². The first-order valence-corrected chi connectivity index (χ1v) is 9.00. The highest BCUT2D eigenvalue weighted by molar-refractivity contribution is 9.10. The molecule has 0 radical (unpaired) electrons. The maximum absolute atomic E-state index is 11.8. The fourth-order valence-corrected chi connectivity index (χ4v) is 4.19. The summed E-state index contributed by atoms with van der Waals surface area (Å²) in [5, 5.41) is 0.730. The molecule has 0 N–H and O–H groups in total. The lowest BCUT2D eigenvalue weighted by Crippen LogP contribution is -2.45. The van der Waals surface area contributed by atoms with E-state index in [-0.39, 0.29) is 11.0 Å². The molecule has 20 heavy (non-hydrogen) atoms. The minimum Gasteiger partial charge on any atom is -0.354 e. The lowest BCUT2D eigenvalue weighted by Gasteiger charge is -2.31. The van der Waals surface area contributed by atoms with E-state index in [1.165, 1.54) is 0 Å². The fourth-order valence-electron chi connectivity index (χ4n) is 2.44. The number of sulfone groups is 1. The summed E-state index contributed by atoms with van der Waals surface area (Å²) in [4.78, 5) is 6.71. The molecule has 2 heterocycles. The molecule has 1 aromatic heterocycles. The molecule has 0 spiro atoms. The van der Waals surface area contributed by atoms with Crippen LogP contribution in [0.4, 0.5) is 5.82 Å². The van der Waals surface area contributed by atoms with E-state index in [2.05, 4.69) is 20.9 Å². The van der Waals surface area contributed by atoms with Crippen LogP contribution in [0.15, 0.2) is 34.8 Å². The van der Waals surface area contributed by atoms with Crippen LogP contribution in [0.25, 0.3) is 10.9 Å². The van der Waals surface area contributed by atoms with Gasteiger partial charge < -0.3 is 4.90 Å². The monoisotopic (exact) mass is 354 g/mol. The molecule has 106 valence electrons. The van der Waals surface area contributed by atoms with Crippen molar-refractivity contribution in [2.75, 3.05) is 23.7 Å². The molecule has 0 bridgehead atoms. The summed E-state index contributed by atoms with van der Waals surface area (Å²) in [5.41, 5.74) is 0.908. The summed E-state index contributed by atoms with van der Waals surface area (Å²) in [6.45, 7) is 2.78. The maximum Gasteiger partial charge on any atom is 0.156 e. The highest BCUT2D eigenvalue weighted by Gasteiger charge is 2.29. The summed E-state index contributed by atoms with van der Waals surface area (Å²) in [5.74, 6) is 1.04. The number of halogens is 1. The zero-order valence-electron chi connectivity index (χ0n) is 11.1. The topological polar surface area (TPSA) is 50.3 Å². The van der Waals surface area contributed by atoms with E-state index in [0.29, 0.717) is 13.1 Å². The van der Waals surface area contributed by atoms with Gasteiger partial charge in [0.15, 0.2) is 9.84 Å². The molecule has 1 aliphatic heterocycles. The van der Waals surface area contributed by atoms with Crippen molar-refractivity contribution in [1.82, 2.24) is 4.98 Å². The van der Waals surface area contributed by atoms with Crippen LogP contribution in [0.1, 0.15) is 6.92 Å². The van der Waals surface area contributed by atoms with Crippen molar-refractivity contribution in [3.8, 4) is 0 Å². The van der Waals surface area contributed by atoms with Crippen molar-refractivity contribution in [2.45, 2.75) is 12.2 Å². The summed E-state index contributed by atoms with van der Waals surface area (Å²) in [6, 6.07) is 9.93. The Morgan fingerprint density at radius 1 is 1.30 bits per heavy atom. The first-order valence-electron chi connectivity index (χ1n) is 6.49. The van der Waals surface area contributed by atoms with Crippen molar-refractivity contribution in [3.63, 3.8) is 0 Å². The van der Waals surface area contributed by atoms with Crippen LogP contribution in [0.5, 0.6) is 0 Å². The van der Waals surface area contributed by atoms with Crippen molar-refractivity contribution in [2.24, 2.45) is 0 Å². The normalized spacial score (nSPS) is 22.1. The molecule has 4 nitrogen and oxygen atoms in total. The van der Waals surface area contributed by atoms with Crippen LogP contribution in [-0.2, 0) is 9.84 Å². The Morgan fingerprint density at radius 3 is 2.85 bits per heavy atom. The number of hydrogen-bond acceptors (Lipinski definition) is 4. The molecular weight excluding hydrogens is 340 g/mol. The largest absolute Gasteiger partial charge is 0.354 e. The maximum atomic E-state index is 11.8. The predicted molar refractivity (Wildman–Crippen MR) is 84.9 cm³/mol. The smallest absolute Gasteiger partial charge is 0.156 e. The third kappa shape index (κ3) is 2.42. The van der Waals surface area contributed by atoms with Gasteiger partial charge in [-0.25, -0.2) is 13.4 Å². The van der Waals surface area contributed by atoms with Crippen LogP contribution in [0.3, 0.4) is 0 Å². The Kier molecular flexibility index (Phi) is 3.46. The van der Waals surface area contributed by atoms with Gasteiger partial charge in [0.05, 0.1) is 16.5 Å². The molecule has 3 rings (SSSR count). The van der Waals surface area contributed by atoms with Crippen molar-refractivity contribution in [3.05, 3.63) is 34.8 Å². The van der Waals surface area contributed by atoms with Gasteiger partial charge in [0.25, 0.3) is 0 Å². The van der Waals surface area contributed by atoms with Gasteiger partial charge in [0, 0.05) is 22.9 Å². The van der Waals surface area contributed by atoms with E-state index in [0.717, 1.165) is 21.2 Å². The molecule has 0 amide bonds. The average molecular weight is 355 g/mol. The number of rotatable bonds is 1. The third-order valence-corrected chi connectivity index (χ3v) is 6.48. The first-order chi connectivity index (χ1) is 9.47. The van der Waals surface area contributed by atoms with Crippen LogP contribution in [0.2, 0.25) is 0 Å². The second-order valence-corrected chi connectivity index (χ2v) is 8.50. The minimum atomic E-state index is -2.93. The van der Waals surface area contributed by atoms with E-state index >= 15 is 0 Å². The second kappa shape index (κ2) is 5.00. The van der Waals surface area contributed by atoms with Crippen LogP contribution < -0.4 is 4.90 Å². The molecule has 6 heteroatoms. The molecule has 1 fully saturated rings. The summed E-state index contributed by atoms with van der Waals surface area (Å²) in [7, 11) is -2.93. The number of pyridine rings is 1. The van der Waals surface area contributed by atoms with Crippen molar-refractivity contribution < 1.29 is 8.42 Å². The number of anilines is 1. The lowest BCUT2D eigenvalue weighted by atomic mass is 10.2. The fraction of sp³-hybridized carbons (Fsp3) is 0.357. The second-order valence-electron chi connectivity index (χ2n) is 5.10. The highest BCUT2D eigenvalue weighted by Crippen LogP contribution is 2.26. The molecule has 1 aromatic carbocycles. The summed E-state index contributed by atoms with van der Waals surface area (Å²) in [6.07, 6.45) is 0. The van der Waals surface area contributed by atoms with E-state index in [1.807, 2.05) is 35.2 Å². The van der Waals surface area contributed by atoms with Gasteiger partial charge in [0.1, 0.15) is 5.82 Å². The number of hydrogen-bond donors (Lipinski definition) is 0. The summed E-state index contributed by atoms with van der Waals surface area (Å²) >= 11 is 3.51. The molecule has 0 aliphatic carbocycles. The van der Waals surface area contributed by atoms with Crippen molar-refractivity contribution >= 4 is 42.5 Å². The standard InChI is InChI=1S/C14H15BrN2O2S/c1-10-9-17(7-8-20(10,18)19)13-6-5-11-3-2-4-12(15)14(11)16-13/h2-6,10H,7-9H2,1H3. The van der Waals surface area contributed by atoms with Crippen molar-refractivity contribution in [1.29, 1.82) is 0 Å². The lowest BCUT2D eigenvalue weighted by molar-refractivity contribution is 0.568. The Balaban J connectivity index is 1.97. The Labute approximate surface area is 126 Å². The molecular formula is C14H15BrN2O2S.